The van der Waals surface area contributed by atoms with Crippen LogP contribution in [0.25, 0.3) is 0 Å². The number of aromatic nitrogens is 1. The zero-order valence-electron chi connectivity index (χ0n) is 11.9. The van der Waals surface area contributed by atoms with Gasteiger partial charge in [-0.25, -0.2) is 4.98 Å². The first-order valence-corrected chi connectivity index (χ1v) is 9.12. The van der Waals surface area contributed by atoms with Crippen LogP contribution in [0.15, 0.2) is 37.3 Å². The summed E-state index contributed by atoms with van der Waals surface area (Å²) in [6, 6.07) is 6.45. The summed E-state index contributed by atoms with van der Waals surface area (Å²) in [6.07, 6.45) is 0. The average Bonchev–Trinajstić information content (AvgIpc) is 2.78. The van der Waals surface area contributed by atoms with Crippen LogP contribution in [0.4, 0.5) is 0 Å². The van der Waals surface area contributed by atoms with E-state index in [1.165, 1.54) is 10.5 Å². The number of rotatable bonds is 6. The van der Waals surface area contributed by atoms with E-state index in [1.54, 1.807) is 23.1 Å². The minimum Gasteiger partial charge on any atom is -0.312 e. The summed E-state index contributed by atoms with van der Waals surface area (Å²) in [7, 11) is 0. The number of benzene rings is 1. The van der Waals surface area contributed by atoms with Crippen molar-refractivity contribution in [1.29, 1.82) is 0 Å². The standard InChI is InChI=1S/C15H19BrN2S2/c1-10(2)7-17-8-12-6-13(16)4-5-14(12)20-15-18-11(3)9-19-15/h4-6,9-10,17H,7-8H2,1-3H3. The van der Waals surface area contributed by atoms with Gasteiger partial charge < -0.3 is 5.32 Å². The molecular formula is C15H19BrN2S2. The van der Waals surface area contributed by atoms with Crippen LogP contribution in [-0.2, 0) is 6.54 Å². The SMILES string of the molecule is Cc1csc(Sc2ccc(Br)cc2CNCC(C)C)n1. The number of halogens is 1. The fourth-order valence-electron chi connectivity index (χ4n) is 1.75. The van der Waals surface area contributed by atoms with Crippen LogP contribution in [0, 0.1) is 12.8 Å². The van der Waals surface area contributed by atoms with Gasteiger partial charge in [-0.3, -0.25) is 0 Å². The summed E-state index contributed by atoms with van der Waals surface area (Å²) in [4.78, 5) is 5.80. The van der Waals surface area contributed by atoms with Crippen molar-refractivity contribution in [3.63, 3.8) is 0 Å². The molecule has 2 nitrogen and oxygen atoms in total. The molecule has 0 saturated carbocycles. The molecule has 0 aliphatic heterocycles. The Morgan fingerprint density at radius 1 is 1.40 bits per heavy atom. The van der Waals surface area contributed by atoms with E-state index in [-0.39, 0.29) is 0 Å². The first kappa shape index (κ1) is 16.0. The zero-order chi connectivity index (χ0) is 14.5. The molecule has 20 heavy (non-hydrogen) atoms. The van der Waals surface area contributed by atoms with Gasteiger partial charge in [0.2, 0.25) is 0 Å². The fraction of sp³-hybridized carbons (Fsp3) is 0.400. The van der Waals surface area contributed by atoms with Crippen molar-refractivity contribution in [2.75, 3.05) is 6.54 Å². The van der Waals surface area contributed by atoms with Gasteiger partial charge in [-0.05, 0) is 43.1 Å². The van der Waals surface area contributed by atoms with E-state index in [9.17, 15) is 0 Å². The molecule has 0 aliphatic rings. The highest BCUT2D eigenvalue weighted by Crippen LogP contribution is 2.33. The Balaban J connectivity index is 2.10. The molecule has 0 radical (unpaired) electrons. The highest BCUT2D eigenvalue weighted by molar-refractivity contribution is 9.10. The number of nitrogens with zero attached hydrogens (tertiary/aromatic N) is 1. The van der Waals surface area contributed by atoms with Crippen LogP contribution < -0.4 is 5.32 Å². The van der Waals surface area contributed by atoms with E-state index in [4.69, 9.17) is 0 Å². The van der Waals surface area contributed by atoms with Crippen LogP contribution in [0.1, 0.15) is 25.1 Å². The Hall–Kier alpha value is -0.360. The lowest BCUT2D eigenvalue weighted by Gasteiger charge is -2.11. The Bertz CT molecular complexity index is 567. The summed E-state index contributed by atoms with van der Waals surface area (Å²) in [5.74, 6) is 0.667. The maximum absolute atomic E-state index is 4.53. The summed E-state index contributed by atoms with van der Waals surface area (Å²) in [6.45, 7) is 8.41. The van der Waals surface area contributed by atoms with Gasteiger partial charge in [0.15, 0.2) is 4.34 Å². The van der Waals surface area contributed by atoms with Gasteiger partial charge >= 0.3 is 0 Å². The summed E-state index contributed by atoms with van der Waals surface area (Å²) in [5, 5.41) is 5.60. The molecule has 0 amide bonds. The zero-order valence-corrected chi connectivity index (χ0v) is 15.2. The second kappa shape index (κ2) is 7.59. The third kappa shape index (κ3) is 4.88. The minimum atomic E-state index is 0.667. The molecule has 0 spiro atoms. The molecule has 2 rings (SSSR count). The van der Waals surface area contributed by atoms with Crippen molar-refractivity contribution >= 4 is 39.0 Å². The van der Waals surface area contributed by atoms with E-state index < -0.39 is 0 Å². The molecule has 5 heteroatoms. The number of aryl methyl sites for hydroxylation is 1. The van der Waals surface area contributed by atoms with Crippen LogP contribution in [0.5, 0.6) is 0 Å². The predicted molar refractivity (Wildman–Crippen MR) is 91.7 cm³/mol. The van der Waals surface area contributed by atoms with Crippen LogP contribution in [-0.4, -0.2) is 11.5 Å². The molecule has 0 atom stereocenters. The molecule has 0 bridgehead atoms. The molecule has 1 heterocycles. The highest BCUT2D eigenvalue weighted by atomic mass is 79.9. The molecule has 0 unspecified atom stereocenters. The largest absolute Gasteiger partial charge is 0.312 e. The third-order valence-electron chi connectivity index (χ3n) is 2.69. The molecule has 0 aliphatic carbocycles. The summed E-state index contributed by atoms with van der Waals surface area (Å²) in [5.41, 5.74) is 2.41. The second-order valence-corrected chi connectivity index (χ2v) is 8.20. The first-order valence-electron chi connectivity index (χ1n) is 6.63. The Labute approximate surface area is 137 Å². The maximum Gasteiger partial charge on any atom is 0.154 e. The molecule has 1 aromatic carbocycles. The van der Waals surface area contributed by atoms with Crippen LogP contribution >= 0.6 is 39.0 Å². The highest BCUT2D eigenvalue weighted by Gasteiger charge is 2.08. The Morgan fingerprint density at radius 2 is 2.20 bits per heavy atom. The first-order chi connectivity index (χ1) is 9.54. The van der Waals surface area contributed by atoms with Gasteiger partial charge in [-0.1, -0.05) is 41.5 Å². The predicted octanol–water partition coefficient (Wildman–Crippen LogP) is 5.11. The van der Waals surface area contributed by atoms with Crippen LogP contribution in [0.3, 0.4) is 0 Å². The molecule has 2 aromatic rings. The van der Waals surface area contributed by atoms with Crippen molar-refractivity contribution in [1.82, 2.24) is 10.3 Å². The van der Waals surface area contributed by atoms with Crippen molar-refractivity contribution in [3.8, 4) is 0 Å². The van der Waals surface area contributed by atoms with Gasteiger partial charge in [0.25, 0.3) is 0 Å². The molecule has 0 fully saturated rings. The van der Waals surface area contributed by atoms with Gasteiger partial charge in [-0.2, -0.15) is 0 Å². The minimum absolute atomic E-state index is 0.667. The quantitative estimate of drug-likeness (QED) is 0.764. The fourth-order valence-corrected chi connectivity index (χ4v) is 4.07. The number of hydrogen-bond acceptors (Lipinski definition) is 4. The average molecular weight is 371 g/mol. The number of nitrogens with one attached hydrogen (secondary N) is 1. The lowest BCUT2D eigenvalue weighted by atomic mass is 10.2. The van der Waals surface area contributed by atoms with Crippen molar-refractivity contribution in [2.45, 2.75) is 36.6 Å². The number of hydrogen-bond donors (Lipinski definition) is 1. The molecular weight excluding hydrogens is 352 g/mol. The maximum atomic E-state index is 4.53. The lowest BCUT2D eigenvalue weighted by molar-refractivity contribution is 0.550. The van der Waals surface area contributed by atoms with Crippen LogP contribution in [0.2, 0.25) is 0 Å². The number of thiazole rings is 1. The van der Waals surface area contributed by atoms with Gasteiger partial charge in [0.05, 0.1) is 0 Å². The van der Waals surface area contributed by atoms with Crippen molar-refractivity contribution in [3.05, 3.63) is 39.3 Å². The molecule has 1 N–H and O–H groups in total. The van der Waals surface area contributed by atoms with Gasteiger partial charge in [-0.15, -0.1) is 11.3 Å². The normalized spacial score (nSPS) is 11.2. The van der Waals surface area contributed by atoms with Crippen molar-refractivity contribution < 1.29 is 0 Å². The third-order valence-corrected chi connectivity index (χ3v) is 5.35. The van der Waals surface area contributed by atoms with Gasteiger partial charge in [0, 0.05) is 27.0 Å². The van der Waals surface area contributed by atoms with E-state index in [1.807, 2.05) is 6.92 Å². The Morgan fingerprint density at radius 3 is 2.85 bits per heavy atom. The van der Waals surface area contributed by atoms with Gasteiger partial charge in [0.1, 0.15) is 0 Å². The van der Waals surface area contributed by atoms with E-state index in [2.05, 4.69) is 63.7 Å². The van der Waals surface area contributed by atoms with E-state index in [0.29, 0.717) is 5.92 Å². The topological polar surface area (TPSA) is 24.9 Å². The lowest BCUT2D eigenvalue weighted by Crippen LogP contribution is -2.19. The monoisotopic (exact) mass is 370 g/mol. The smallest absolute Gasteiger partial charge is 0.154 e. The second-order valence-electron chi connectivity index (χ2n) is 5.13. The molecule has 0 saturated heterocycles. The molecule has 108 valence electrons. The molecule has 1 aromatic heterocycles. The van der Waals surface area contributed by atoms with E-state index in [0.717, 1.165) is 27.6 Å². The van der Waals surface area contributed by atoms with E-state index >= 15 is 0 Å². The van der Waals surface area contributed by atoms with Crippen molar-refractivity contribution in [2.24, 2.45) is 5.92 Å². The summed E-state index contributed by atoms with van der Waals surface area (Å²) >= 11 is 7.01. The summed E-state index contributed by atoms with van der Waals surface area (Å²) < 4.78 is 2.23. The Kier molecular flexibility index (Phi) is 6.08.